The summed E-state index contributed by atoms with van der Waals surface area (Å²) in [5.41, 5.74) is 0.958. The minimum absolute atomic E-state index is 0.277. The maximum absolute atomic E-state index is 9.66. The Labute approximate surface area is 88.4 Å². The van der Waals surface area contributed by atoms with Gasteiger partial charge in [0.15, 0.2) is 0 Å². The summed E-state index contributed by atoms with van der Waals surface area (Å²) in [5, 5.41) is 25.7. The van der Waals surface area contributed by atoms with Crippen molar-refractivity contribution in [2.24, 2.45) is 0 Å². The van der Waals surface area contributed by atoms with Crippen molar-refractivity contribution < 1.29 is 10.2 Å². The van der Waals surface area contributed by atoms with Gasteiger partial charge in [0.1, 0.15) is 0 Å². The Morgan fingerprint density at radius 2 is 2.29 bits per heavy atom. The third-order valence-electron chi connectivity index (χ3n) is 2.00. The molecule has 0 bridgehead atoms. The van der Waals surface area contributed by atoms with Crippen molar-refractivity contribution in [1.29, 1.82) is 0 Å². The highest BCUT2D eigenvalue weighted by Gasteiger charge is 2.06. The monoisotopic (exact) mass is 215 g/mol. The second-order valence-electron chi connectivity index (χ2n) is 3.41. The van der Waals surface area contributed by atoms with Crippen LogP contribution in [0.1, 0.15) is 25.0 Å². The first-order valence-electron chi connectivity index (χ1n) is 4.79. The smallest absolute Gasteiger partial charge is 0.0922 e. The molecule has 80 valence electrons. The average molecular weight is 215 g/mol. The summed E-state index contributed by atoms with van der Waals surface area (Å²) in [6.45, 7) is 3.04. The van der Waals surface area contributed by atoms with Crippen LogP contribution in [0, 0.1) is 0 Å². The number of nitrogens with one attached hydrogen (secondary N) is 1. The zero-order valence-electron chi connectivity index (χ0n) is 8.31. The van der Waals surface area contributed by atoms with Gasteiger partial charge in [-0.2, -0.15) is 11.3 Å². The van der Waals surface area contributed by atoms with Crippen LogP contribution in [-0.2, 0) is 0 Å². The van der Waals surface area contributed by atoms with Crippen LogP contribution in [0.15, 0.2) is 16.8 Å². The van der Waals surface area contributed by atoms with E-state index in [1.165, 1.54) is 0 Å². The zero-order valence-corrected chi connectivity index (χ0v) is 9.13. The van der Waals surface area contributed by atoms with E-state index in [9.17, 15) is 5.11 Å². The highest BCUT2D eigenvalue weighted by Crippen LogP contribution is 2.14. The number of hydrogen-bond donors (Lipinski definition) is 3. The molecule has 3 N–H and O–H groups in total. The van der Waals surface area contributed by atoms with Gasteiger partial charge in [-0.15, -0.1) is 0 Å². The molecule has 1 rings (SSSR count). The van der Waals surface area contributed by atoms with Gasteiger partial charge in [0.2, 0.25) is 0 Å². The number of rotatable bonds is 6. The fourth-order valence-electron chi connectivity index (χ4n) is 1.13. The first kappa shape index (κ1) is 11.7. The van der Waals surface area contributed by atoms with E-state index in [1.54, 1.807) is 18.3 Å². The fourth-order valence-corrected chi connectivity index (χ4v) is 1.84. The highest BCUT2D eigenvalue weighted by molar-refractivity contribution is 7.07. The Morgan fingerprint density at radius 1 is 1.50 bits per heavy atom. The average Bonchev–Trinajstić information content (AvgIpc) is 2.64. The lowest BCUT2D eigenvalue weighted by atomic mass is 10.2. The summed E-state index contributed by atoms with van der Waals surface area (Å²) in [7, 11) is 0. The zero-order chi connectivity index (χ0) is 10.4. The predicted octanol–water partition coefficient (Wildman–Crippen LogP) is 1.14. The summed E-state index contributed by atoms with van der Waals surface area (Å²) in [5.74, 6) is 0. The molecule has 3 nitrogen and oxygen atoms in total. The van der Waals surface area contributed by atoms with E-state index in [0.717, 1.165) is 18.5 Å². The third-order valence-corrected chi connectivity index (χ3v) is 2.71. The van der Waals surface area contributed by atoms with Crippen molar-refractivity contribution in [2.45, 2.75) is 25.6 Å². The Kier molecular flexibility index (Phi) is 5.11. The van der Waals surface area contributed by atoms with Crippen LogP contribution in [0.5, 0.6) is 0 Å². The van der Waals surface area contributed by atoms with Crippen LogP contribution in [-0.4, -0.2) is 29.4 Å². The number of aliphatic hydroxyl groups is 2. The molecule has 0 saturated heterocycles. The van der Waals surface area contributed by atoms with Gasteiger partial charge in [0.25, 0.3) is 0 Å². The largest absolute Gasteiger partial charge is 0.393 e. The summed E-state index contributed by atoms with van der Waals surface area (Å²) in [4.78, 5) is 0. The lowest BCUT2D eigenvalue weighted by molar-refractivity contribution is 0.163. The standard InChI is InChI=1S/C10H17NO2S/c1-8(12)2-4-11-6-10(13)9-3-5-14-7-9/h3,5,7-8,10-13H,2,4,6H2,1H3. The van der Waals surface area contributed by atoms with Crippen molar-refractivity contribution in [2.75, 3.05) is 13.1 Å². The third kappa shape index (κ3) is 4.19. The molecule has 0 spiro atoms. The second-order valence-corrected chi connectivity index (χ2v) is 4.19. The van der Waals surface area contributed by atoms with E-state index in [2.05, 4.69) is 5.32 Å². The molecule has 0 amide bonds. The van der Waals surface area contributed by atoms with E-state index in [-0.39, 0.29) is 6.10 Å². The van der Waals surface area contributed by atoms with Gasteiger partial charge in [0.05, 0.1) is 12.2 Å². The van der Waals surface area contributed by atoms with Crippen molar-refractivity contribution in [1.82, 2.24) is 5.32 Å². The molecule has 0 fully saturated rings. The van der Waals surface area contributed by atoms with E-state index in [4.69, 9.17) is 5.11 Å². The van der Waals surface area contributed by atoms with Gasteiger partial charge >= 0.3 is 0 Å². The fraction of sp³-hybridized carbons (Fsp3) is 0.600. The normalized spacial score (nSPS) is 15.4. The first-order valence-corrected chi connectivity index (χ1v) is 5.73. The Hall–Kier alpha value is -0.420. The number of hydrogen-bond acceptors (Lipinski definition) is 4. The van der Waals surface area contributed by atoms with Crippen molar-refractivity contribution in [3.05, 3.63) is 22.4 Å². The van der Waals surface area contributed by atoms with E-state index in [1.807, 2.05) is 16.8 Å². The molecule has 0 radical (unpaired) electrons. The minimum Gasteiger partial charge on any atom is -0.393 e. The molecule has 0 aromatic carbocycles. The summed E-state index contributed by atoms with van der Waals surface area (Å²) in [6.07, 6.45) is 0.00661. The van der Waals surface area contributed by atoms with E-state index < -0.39 is 6.10 Å². The highest BCUT2D eigenvalue weighted by atomic mass is 32.1. The Bertz CT molecular complexity index is 236. The number of thiophene rings is 1. The van der Waals surface area contributed by atoms with Crippen molar-refractivity contribution >= 4 is 11.3 Å². The van der Waals surface area contributed by atoms with Crippen LogP contribution >= 0.6 is 11.3 Å². The summed E-state index contributed by atoms with van der Waals surface area (Å²) >= 11 is 1.58. The van der Waals surface area contributed by atoms with Gasteiger partial charge in [0, 0.05) is 6.54 Å². The maximum Gasteiger partial charge on any atom is 0.0922 e. The van der Waals surface area contributed by atoms with Crippen LogP contribution in [0.25, 0.3) is 0 Å². The SMILES string of the molecule is CC(O)CCNCC(O)c1ccsc1. The molecule has 0 aliphatic rings. The molecule has 0 saturated carbocycles. The molecule has 1 aromatic heterocycles. The van der Waals surface area contributed by atoms with Gasteiger partial charge in [-0.25, -0.2) is 0 Å². The maximum atomic E-state index is 9.66. The predicted molar refractivity (Wildman–Crippen MR) is 58.4 cm³/mol. The first-order chi connectivity index (χ1) is 6.70. The van der Waals surface area contributed by atoms with Crippen LogP contribution in [0.2, 0.25) is 0 Å². The molecule has 1 aromatic rings. The topological polar surface area (TPSA) is 52.5 Å². The second kappa shape index (κ2) is 6.14. The molecular formula is C10H17NO2S. The van der Waals surface area contributed by atoms with Crippen LogP contribution < -0.4 is 5.32 Å². The molecule has 2 unspecified atom stereocenters. The van der Waals surface area contributed by atoms with Crippen molar-refractivity contribution in [3.8, 4) is 0 Å². The lowest BCUT2D eigenvalue weighted by Gasteiger charge is -2.10. The van der Waals surface area contributed by atoms with Gasteiger partial charge in [-0.05, 0) is 42.3 Å². The quantitative estimate of drug-likeness (QED) is 0.624. The summed E-state index contributed by atoms with van der Waals surface area (Å²) in [6, 6.07) is 1.92. The van der Waals surface area contributed by atoms with Gasteiger partial charge < -0.3 is 15.5 Å². The Balaban J connectivity index is 2.13. The molecular weight excluding hydrogens is 198 g/mol. The van der Waals surface area contributed by atoms with Crippen LogP contribution in [0.3, 0.4) is 0 Å². The van der Waals surface area contributed by atoms with E-state index in [0.29, 0.717) is 6.54 Å². The lowest BCUT2D eigenvalue weighted by Crippen LogP contribution is -2.24. The molecule has 0 aliphatic heterocycles. The minimum atomic E-state index is -0.435. The molecule has 2 atom stereocenters. The van der Waals surface area contributed by atoms with Gasteiger partial charge in [-0.3, -0.25) is 0 Å². The number of aliphatic hydroxyl groups excluding tert-OH is 2. The molecule has 14 heavy (non-hydrogen) atoms. The van der Waals surface area contributed by atoms with Crippen LogP contribution in [0.4, 0.5) is 0 Å². The van der Waals surface area contributed by atoms with E-state index >= 15 is 0 Å². The van der Waals surface area contributed by atoms with Gasteiger partial charge in [-0.1, -0.05) is 0 Å². The molecule has 0 aliphatic carbocycles. The molecule has 1 heterocycles. The Morgan fingerprint density at radius 3 is 2.86 bits per heavy atom. The van der Waals surface area contributed by atoms with Crippen molar-refractivity contribution in [3.63, 3.8) is 0 Å². The summed E-state index contributed by atoms with van der Waals surface area (Å²) < 4.78 is 0. The molecule has 4 heteroatoms.